The first-order chi connectivity index (χ1) is 43.6. The maximum atomic E-state index is 12.6. The summed E-state index contributed by atoms with van der Waals surface area (Å²) in [4.78, 5) is 63.1. The van der Waals surface area contributed by atoms with Gasteiger partial charge in [-0.15, -0.1) is 23.2 Å². The summed E-state index contributed by atoms with van der Waals surface area (Å²) in [5.41, 5.74) is 5.00. The van der Waals surface area contributed by atoms with E-state index in [2.05, 4.69) is 42.8 Å². The number of ether oxygens (including phenoxy) is 5. The van der Waals surface area contributed by atoms with Gasteiger partial charge >= 0.3 is 23.5 Å². The topological polar surface area (TPSA) is 269 Å². The lowest BCUT2D eigenvalue weighted by Gasteiger charge is -2.63. The third-order valence-corrected chi connectivity index (χ3v) is 25.0. The molecule has 1 amide bonds. The second kappa shape index (κ2) is 29.6. The lowest BCUT2D eigenvalue weighted by Crippen LogP contribution is -2.62. The van der Waals surface area contributed by atoms with Crippen molar-refractivity contribution < 1.29 is 57.2 Å². The highest BCUT2D eigenvalue weighted by Crippen LogP contribution is 2.72. The van der Waals surface area contributed by atoms with Crippen molar-refractivity contribution in [3.8, 4) is 5.75 Å². The fourth-order valence-electron chi connectivity index (χ4n) is 20.0. The number of amides is 1. The standard InChI is InChI=1S/C31H46N2O6.C31H37NO8.C6H14N2O.CH2Cl2/c1-29-10-7-23(39-28(35)32-13-14-33-15-17-37-18-16-33)19-22(29)4-5-26-25(29)8-11-30(2)24(9-12-31(26,30)36)21-3-6-27(34)38-20-21;1-29-14-11-23(40-28(34)39-22-7-5-21(6-8-22)32(36)37)17-20(29)4-9-26-25(29)12-15-30(2)24(13-16-31(26,30)35)19-3-10-27(33)38-18-19;7-1-2-8-3-5-9-6-4-8;2-1-3/h3,6,20,22-26,36H,4-5,7-19H2,1-2H3,(H,32,35);3,5-8,10,18,20,23-26,35H,4,9,11-17H2,1-2H3;1-7H2;1H2/t22-,23+,24-,25+,26-,29+,30-,31+;20-,23+,24-,25+,26-,29+,30-,31+;;/m11../s1. The molecular weight excluding hydrogens is 1210 g/mol. The zero-order valence-corrected chi connectivity index (χ0v) is 55.4. The number of nitro benzene ring substituents is 1. The second-order valence-electron chi connectivity index (χ2n) is 28.8. The van der Waals surface area contributed by atoms with E-state index >= 15 is 0 Å². The molecule has 2 aliphatic heterocycles. The number of nitro groups is 1. The molecule has 0 radical (unpaired) electrons. The first-order valence-corrected chi connectivity index (χ1v) is 34.8. The molecular formula is C69H99Cl2N5O15. The predicted molar refractivity (Wildman–Crippen MR) is 344 cm³/mol. The molecule has 10 aliphatic rings. The van der Waals surface area contributed by atoms with Crippen molar-refractivity contribution in [1.82, 2.24) is 15.1 Å². The monoisotopic (exact) mass is 1310 g/mol. The maximum Gasteiger partial charge on any atom is 0.514 e. The highest BCUT2D eigenvalue weighted by molar-refractivity contribution is 6.40. The van der Waals surface area contributed by atoms with Crippen LogP contribution in [0.1, 0.15) is 166 Å². The van der Waals surface area contributed by atoms with Crippen molar-refractivity contribution in [2.45, 2.75) is 179 Å². The minimum atomic E-state index is -0.785. The molecule has 8 saturated carbocycles. The number of aliphatic hydroxyl groups is 2. The van der Waals surface area contributed by atoms with Gasteiger partial charge in [0.1, 0.15) is 18.0 Å². The van der Waals surface area contributed by atoms with Crippen LogP contribution < -0.4 is 27.0 Å². The fourth-order valence-corrected chi connectivity index (χ4v) is 20.0. The molecule has 0 unspecified atom stereocenters. The van der Waals surface area contributed by atoms with Gasteiger partial charge < -0.3 is 53.8 Å². The van der Waals surface area contributed by atoms with Crippen LogP contribution in [0.3, 0.4) is 0 Å². The summed E-state index contributed by atoms with van der Waals surface area (Å²) in [7, 11) is 0. The van der Waals surface area contributed by atoms with Crippen molar-refractivity contribution in [1.29, 1.82) is 0 Å². The Labute approximate surface area is 545 Å². The predicted octanol–water partition coefficient (Wildman–Crippen LogP) is 11.4. The smallest absolute Gasteiger partial charge is 0.446 e. The molecule has 5 N–H and O–H groups in total. The zero-order chi connectivity index (χ0) is 64.8. The van der Waals surface area contributed by atoms with Crippen LogP contribution in [-0.2, 0) is 18.9 Å². The number of carbonyl (C=O) groups excluding carboxylic acids is 2. The van der Waals surface area contributed by atoms with Gasteiger partial charge in [-0.1, -0.05) is 27.7 Å². The molecule has 0 spiro atoms. The number of alkyl halides is 2. The second-order valence-corrected chi connectivity index (χ2v) is 29.7. The van der Waals surface area contributed by atoms with Crippen LogP contribution in [0.25, 0.3) is 0 Å². The van der Waals surface area contributed by atoms with Gasteiger partial charge in [0.2, 0.25) is 0 Å². The molecule has 10 fully saturated rings. The van der Waals surface area contributed by atoms with Crippen molar-refractivity contribution in [2.75, 3.05) is 84.1 Å². The molecule has 3 aromatic rings. The number of nitrogens with one attached hydrogen (secondary N) is 1. The van der Waals surface area contributed by atoms with Gasteiger partial charge in [-0.25, -0.2) is 19.2 Å². The largest absolute Gasteiger partial charge is 0.514 e. The highest BCUT2D eigenvalue weighted by Gasteiger charge is 2.69. The Morgan fingerprint density at radius 1 is 0.626 bits per heavy atom. The molecule has 2 saturated heterocycles. The van der Waals surface area contributed by atoms with Gasteiger partial charge in [-0.05, 0) is 209 Å². The molecule has 2 aromatic heterocycles. The Kier molecular flexibility index (Phi) is 22.5. The summed E-state index contributed by atoms with van der Waals surface area (Å²) in [6, 6.07) is 12.1. The number of halogens is 2. The van der Waals surface area contributed by atoms with E-state index in [1.807, 2.05) is 12.1 Å². The van der Waals surface area contributed by atoms with Gasteiger partial charge in [0.05, 0.1) is 60.4 Å². The normalized spacial score (nSPS) is 37.4. The lowest BCUT2D eigenvalue weighted by molar-refractivity contribution is -0.384. The van der Waals surface area contributed by atoms with Crippen LogP contribution in [0.15, 0.2) is 79.5 Å². The number of fused-ring (bicyclic) bond motifs is 10. The van der Waals surface area contributed by atoms with E-state index in [4.69, 9.17) is 61.5 Å². The molecule has 16 atom stereocenters. The summed E-state index contributed by atoms with van der Waals surface area (Å²) >= 11 is 9.53. The Hall–Kier alpha value is -4.64. The summed E-state index contributed by atoms with van der Waals surface area (Å²) < 4.78 is 37.9. The quantitative estimate of drug-likeness (QED) is 0.0457. The van der Waals surface area contributed by atoms with Gasteiger partial charge in [-0.3, -0.25) is 19.9 Å². The molecule has 504 valence electrons. The number of hydrogen-bond donors (Lipinski definition) is 4. The van der Waals surface area contributed by atoms with Crippen LogP contribution in [0.4, 0.5) is 15.3 Å². The molecule has 1 aromatic carbocycles. The Morgan fingerprint density at radius 2 is 1.09 bits per heavy atom. The number of benzene rings is 1. The number of nitrogens with two attached hydrogens (primary N) is 1. The van der Waals surface area contributed by atoms with E-state index in [9.17, 15) is 39.5 Å². The first kappa shape index (κ1) is 69.2. The van der Waals surface area contributed by atoms with Gasteiger partial charge in [0.25, 0.3) is 5.69 Å². The van der Waals surface area contributed by atoms with Crippen LogP contribution >= 0.6 is 23.2 Å². The molecule has 8 aliphatic carbocycles. The number of nitrogens with zero attached hydrogens (tertiary/aromatic N) is 3. The SMILES string of the molecule is C[C@]12CC[C@H](OC(=O)NCCN3CCOCC3)C[C@H]1CC[C@@H]1[C@@H]2CC[C@]2(C)[C@@H](c3ccc(=O)oc3)CC[C@]12O.C[C@]12CC[C@H](OC(=O)Oc3ccc([N+](=O)[O-])cc3)C[C@H]1CC[C@@H]1[C@@H]2CC[C@]2(C)[C@@H](c3ccc(=O)oc3)CC[C@]12O.ClCCl.NCCN1CCOCC1. The molecule has 0 bridgehead atoms. The fraction of sp³-hybridized carbons (Fsp3) is 0.739. The molecule has 91 heavy (non-hydrogen) atoms. The summed E-state index contributed by atoms with van der Waals surface area (Å²) in [6.07, 6.45) is 18.7. The van der Waals surface area contributed by atoms with Crippen molar-refractivity contribution >= 4 is 41.1 Å². The third kappa shape index (κ3) is 14.5. The minimum Gasteiger partial charge on any atom is -0.446 e. The van der Waals surface area contributed by atoms with Gasteiger partial charge in [-0.2, -0.15) is 0 Å². The number of non-ortho nitro benzene ring substituents is 1. The number of alkyl carbamates (subject to hydrolysis) is 1. The van der Waals surface area contributed by atoms with Crippen LogP contribution in [0.5, 0.6) is 5.75 Å². The number of carbonyl (C=O) groups is 2. The van der Waals surface area contributed by atoms with Crippen molar-refractivity contribution in [3.05, 3.63) is 103 Å². The van der Waals surface area contributed by atoms with Gasteiger partial charge in [0.15, 0.2) is 0 Å². The molecule has 22 heteroatoms. The lowest BCUT2D eigenvalue weighted by atomic mass is 9.43. The molecule has 4 heterocycles. The summed E-state index contributed by atoms with van der Waals surface area (Å²) in [5.74, 6) is 2.92. The Morgan fingerprint density at radius 3 is 1.53 bits per heavy atom. The van der Waals surface area contributed by atoms with Crippen LogP contribution in [-0.4, -0.2) is 145 Å². The first-order valence-electron chi connectivity index (χ1n) is 33.7. The summed E-state index contributed by atoms with van der Waals surface area (Å²) in [6.45, 7) is 19.8. The van der Waals surface area contributed by atoms with Crippen LogP contribution in [0, 0.1) is 67.3 Å². The molecule has 13 rings (SSSR count). The number of rotatable bonds is 11. The molecule has 20 nitrogen and oxygen atoms in total. The van der Waals surface area contributed by atoms with E-state index in [1.165, 1.54) is 36.4 Å². The van der Waals surface area contributed by atoms with Gasteiger partial charge in [0, 0.05) is 87.5 Å². The third-order valence-electron chi connectivity index (χ3n) is 25.0. The van der Waals surface area contributed by atoms with Crippen molar-refractivity contribution in [2.24, 2.45) is 62.9 Å². The average Bonchev–Trinajstić information content (AvgIpc) is 1.65. The van der Waals surface area contributed by atoms with Crippen LogP contribution in [0.2, 0.25) is 0 Å². The summed E-state index contributed by atoms with van der Waals surface area (Å²) in [5, 5.41) is 38.8. The van der Waals surface area contributed by atoms with E-state index < -0.39 is 22.3 Å². The van der Waals surface area contributed by atoms with E-state index in [0.717, 1.165) is 199 Å². The highest BCUT2D eigenvalue weighted by atomic mass is 35.5. The number of hydrogen-bond acceptors (Lipinski definition) is 18. The van der Waals surface area contributed by atoms with Crippen molar-refractivity contribution in [3.63, 3.8) is 0 Å². The van der Waals surface area contributed by atoms with E-state index in [0.29, 0.717) is 36.1 Å². The Balaban J connectivity index is 0.000000169. The average molecular weight is 1310 g/mol. The Bertz CT molecular complexity index is 3010. The van der Waals surface area contributed by atoms with E-state index in [-0.39, 0.29) is 85.7 Å². The van der Waals surface area contributed by atoms with E-state index in [1.54, 1.807) is 12.5 Å². The number of morpholine rings is 2. The zero-order valence-electron chi connectivity index (χ0n) is 53.8. The minimum absolute atomic E-state index is 0.0245. The maximum absolute atomic E-state index is 12.6.